The largest absolute Gasteiger partial charge is 0.297 e. The third-order valence-corrected chi connectivity index (χ3v) is 6.14. The first kappa shape index (κ1) is 18.4. The highest BCUT2D eigenvalue weighted by atomic mass is 32.2. The average Bonchev–Trinajstić information content (AvgIpc) is 3.25. The van der Waals surface area contributed by atoms with Crippen molar-refractivity contribution in [1.29, 1.82) is 5.26 Å². The molecule has 1 unspecified atom stereocenters. The first-order chi connectivity index (χ1) is 12.5. The Morgan fingerprint density at radius 3 is 2.88 bits per heavy atom. The minimum Gasteiger partial charge on any atom is -0.297 e. The second kappa shape index (κ2) is 7.85. The number of hydrogen-bond acceptors (Lipinski definition) is 6. The van der Waals surface area contributed by atoms with E-state index in [1.165, 1.54) is 34.2 Å². The van der Waals surface area contributed by atoms with Crippen molar-refractivity contribution in [2.75, 3.05) is 5.75 Å². The number of aromatic nitrogens is 3. The number of thioether (sulfide) groups is 1. The van der Waals surface area contributed by atoms with Crippen molar-refractivity contribution >= 4 is 28.9 Å². The zero-order valence-electron chi connectivity index (χ0n) is 14.8. The maximum atomic E-state index is 12.5. The first-order valence-corrected chi connectivity index (χ1v) is 9.95. The molecular weight excluding hydrogens is 364 g/mol. The molecule has 0 radical (unpaired) electrons. The molecule has 3 aromatic rings. The summed E-state index contributed by atoms with van der Waals surface area (Å²) in [5.74, 6) is -0.786. The molecule has 0 fully saturated rings. The smallest absolute Gasteiger partial charge is 0.173 e. The van der Waals surface area contributed by atoms with Crippen molar-refractivity contribution in [3.8, 4) is 11.8 Å². The van der Waals surface area contributed by atoms with E-state index >= 15 is 0 Å². The summed E-state index contributed by atoms with van der Waals surface area (Å²) in [6.07, 6.45) is 3.61. The molecule has 0 saturated carbocycles. The van der Waals surface area contributed by atoms with E-state index in [4.69, 9.17) is 0 Å². The van der Waals surface area contributed by atoms with E-state index in [0.29, 0.717) is 5.01 Å². The Bertz CT molecular complexity index is 984. The van der Waals surface area contributed by atoms with Gasteiger partial charge in [0.15, 0.2) is 16.9 Å². The van der Waals surface area contributed by atoms with E-state index < -0.39 is 5.92 Å². The molecule has 0 aliphatic heterocycles. The third kappa shape index (κ3) is 3.71. The van der Waals surface area contributed by atoms with Crippen LogP contribution in [-0.2, 0) is 4.79 Å². The lowest BCUT2D eigenvalue weighted by Gasteiger charge is -2.12. The molecule has 0 saturated heterocycles. The number of nitrogens with zero attached hydrogens (tertiary/aromatic N) is 4. The quantitative estimate of drug-likeness (QED) is 0.597. The summed E-state index contributed by atoms with van der Waals surface area (Å²) in [5, 5.41) is 12.5. The first-order valence-electron chi connectivity index (χ1n) is 8.08. The van der Waals surface area contributed by atoms with Gasteiger partial charge in [-0.15, -0.1) is 11.3 Å². The molecule has 0 aliphatic carbocycles. The summed E-state index contributed by atoms with van der Waals surface area (Å²) in [7, 11) is 0. The van der Waals surface area contributed by atoms with Gasteiger partial charge in [-0.3, -0.25) is 9.36 Å². The Kier molecular flexibility index (Phi) is 5.55. The van der Waals surface area contributed by atoms with Crippen molar-refractivity contribution in [3.63, 3.8) is 0 Å². The van der Waals surface area contributed by atoms with Gasteiger partial charge in [0.2, 0.25) is 0 Å². The lowest BCUT2D eigenvalue weighted by Crippen LogP contribution is -2.13. The number of ketones is 1. The molecule has 7 heteroatoms. The molecule has 2 heterocycles. The number of rotatable bonds is 6. The number of carbonyl (C=O) groups excluding carboxylic acids is 1. The monoisotopic (exact) mass is 382 g/mol. The van der Waals surface area contributed by atoms with Crippen molar-refractivity contribution < 1.29 is 4.79 Å². The van der Waals surface area contributed by atoms with Crippen molar-refractivity contribution in [2.24, 2.45) is 0 Å². The second-order valence-corrected chi connectivity index (χ2v) is 7.78. The number of benzene rings is 1. The molecule has 0 spiro atoms. The van der Waals surface area contributed by atoms with E-state index in [1.54, 1.807) is 6.20 Å². The van der Waals surface area contributed by atoms with Gasteiger partial charge in [0.05, 0.1) is 17.5 Å². The van der Waals surface area contributed by atoms with Crippen molar-refractivity contribution in [3.05, 3.63) is 57.8 Å². The Hall–Kier alpha value is -2.43. The fraction of sp³-hybridized carbons (Fsp3) is 0.263. The van der Waals surface area contributed by atoms with E-state index in [9.17, 15) is 10.1 Å². The standard InChI is InChI=1S/C19H18N4OS2/c1-12-5-4-6-16(14(12)3)23-8-7-21-19(23)26-11-17(24)15(9-20)18-22-13(2)10-25-18/h4-8,10,15H,11H2,1-3H3. The number of imidazole rings is 1. The normalized spacial score (nSPS) is 11.9. The van der Waals surface area contributed by atoms with Gasteiger partial charge in [0.1, 0.15) is 5.01 Å². The van der Waals surface area contributed by atoms with E-state index in [1.807, 2.05) is 35.2 Å². The van der Waals surface area contributed by atoms with Crippen LogP contribution in [0, 0.1) is 32.1 Å². The van der Waals surface area contributed by atoms with Gasteiger partial charge in [0.25, 0.3) is 0 Å². The van der Waals surface area contributed by atoms with Crippen LogP contribution in [0.1, 0.15) is 27.7 Å². The van der Waals surface area contributed by atoms with Gasteiger partial charge in [-0.2, -0.15) is 5.26 Å². The predicted octanol–water partition coefficient (Wildman–Crippen LogP) is 4.22. The zero-order chi connectivity index (χ0) is 18.7. The van der Waals surface area contributed by atoms with Crippen LogP contribution in [0.2, 0.25) is 0 Å². The summed E-state index contributed by atoms with van der Waals surface area (Å²) in [6.45, 7) is 6.00. The van der Waals surface area contributed by atoms with Gasteiger partial charge < -0.3 is 0 Å². The molecule has 0 bridgehead atoms. The number of carbonyl (C=O) groups is 1. The molecule has 0 aliphatic rings. The van der Waals surface area contributed by atoms with Crippen LogP contribution in [0.15, 0.2) is 41.1 Å². The highest BCUT2D eigenvalue weighted by molar-refractivity contribution is 7.99. The number of thiazole rings is 1. The maximum absolute atomic E-state index is 12.5. The van der Waals surface area contributed by atoms with Crippen LogP contribution in [0.3, 0.4) is 0 Å². The van der Waals surface area contributed by atoms with Crippen LogP contribution < -0.4 is 0 Å². The second-order valence-electron chi connectivity index (χ2n) is 5.94. The Balaban J connectivity index is 1.77. The van der Waals surface area contributed by atoms with Gasteiger partial charge >= 0.3 is 0 Å². The fourth-order valence-electron chi connectivity index (χ4n) is 2.57. The molecule has 3 rings (SSSR count). The minimum atomic E-state index is -0.815. The van der Waals surface area contributed by atoms with E-state index in [-0.39, 0.29) is 11.5 Å². The van der Waals surface area contributed by atoms with Crippen LogP contribution in [0.4, 0.5) is 0 Å². The summed E-state index contributed by atoms with van der Waals surface area (Å²) in [5.41, 5.74) is 4.25. The summed E-state index contributed by atoms with van der Waals surface area (Å²) < 4.78 is 1.98. The minimum absolute atomic E-state index is 0.151. The molecule has 2 aromatic heterocycles. The molecule has 132 valence electrons. The van der Waals surface area contributed by atoms with E-state index in [0.717, 1.165) is 16.5 Å². The Morgan fingerprint density at radius 2 is 2.19 bits per heavy atom. The fourth-order valence-corrected chi connectivity index (χ4v) is 4.30. The summed E-state index contributed by atoms with van der Waals surface area (Å²) >= 11 is 2.70. The lowest BCUT2D eigenvalue weighted by atomic mass is 10.1. The zero-order valence-corrected chi connectivity index (χ0v) is 16.4. The van der Waals surface area contributed by atoms with Gasteiger partial charge in [-0.25, -0.2) is 9.97 Å². The number of nitriles is 1. The van der Waals surface area contributed by atoms with Crippen LogP contribution in [-0.4, -0.2) is 26.1 Å². The van der Waals surface area contributed by atoms with Crippen molar-refractivity contribution in [1.82, 2.24) is 14.5 Å². The Morgan fingerprint density at radius 1 is 1.38 bits per heavy atom. The average molecular weight is 383 g/mol. The van der Waals surface area contributed by atoms with E-state index in [2.05, 4.69) is 36.0 Å². The molecule has 1 aromatic carbocycles. The topological polar surface area (TPSA) is 71.6 Å². The highest BCUT2D eigenvalue weighted by Gasteiger charge is 2.24. The molecular formula is C19H18N4OS2. The van der Waals surface area contributed by atoms with Crippen LogP contribution in [0.25, 0.3) is 5.69 Å². The SMILES string of the molecule is Cc1csc(C(C#N)C(=O)CSc2nccn2-c2cccc(C)c2C)n1. The van der Waals surface area contributed by atoms with Gasteiger partial charge in [-0.05, 0) is 38.0 Å². The van der Waals surface area contributed by atoms with Crippen molar-refractivity contribution in [2.45, 2.75) is 31.8 Å². The summed E-state index contributed by atoms with van der Waals surface area (Å²) in [6, 6.07) is 8.19. The molecule has 0 amide bonds. The highest BCUT2D eigenvalue weighted by Crippen LogP contribution is 2.27. The maximum Gasteiger partial charge on any atom is 0.173 e. The lowest BCUT2D eigenvalue weighted by molar-refractivity contribution is -0.116. The predicted molar refractivity (Wildman–Crippen MR) is 104 cm³/mol. The number of Topliss-reactive ketones (excluding diaryl/α,β-unsaturated/α-hetero) is 1. The molecule has 5 nitrogen and oxygen atoms in total. The molecule has 0 N–H and O–H groups in total. The number of aryl methyl sites for hydroxylation is 2. The third-order valence-electron chi connectivity index (χ3n) is 4.12. The summed E-state index contributed by atoms with van der Waals surface area (Å²) in [4.78, 5) is 21.2. The molecule has 1 atom stereocenters. The van der Waals surface area contributed by atoms with Gasteiger partial charge in [-0.1, -0.05) is 23.9 Å². The number of hydrogen-bond donors (Lipinski definition) is 0. The van der Waals surface area contributed by atoms with Crippen LogP contribution in [0.5, 0.6) is 0 Å². The van der Waals surface area contributed by atoms with Gasteiger partial charge in [0, 0.05) is 23.5 Å². The molecule has 26 heavy (non-hydrogen) atoms. The Labute approximate surface area is 160 Å². The van der Waals surface area contributed by atoms with Crippen LogP contribution >= 0.6 is 23.1 Å².